The van der Waals surface area contributed by atoms with E-state index < -0.39 is 101 Å². The van der Waals surface area contributed by atoms with Crippen LogP contribution in [0.15, 0.2) is 39.5 Å². The van der Waals surface area contributed by atoms with E-state index in [1.165, 1.54) is 24.3 Å². The molecule has 2 aliphatic rings. The van der Waals surface area contributed by atoms with Crippen molar-refractivity contribution in [2.45, 2.75) is 49.2 Å². The smallest absolute Gasteiger partial charge is 0.238 e. The summed E-state index contributed by atoms with van der Waals surface area (Å²) in [6.45, 7) is -0.698. The maximum atomic E-state index is 13.0. The van der Waals surface area contributed by atoms with Crippen LogP contribution in [-0.4, -0.2) is 108 Å². The van der Waals surface area contributed by atoms with Gasteiger partial charge in [-0.3, -0.25) is 4.79 Å². The Morgan fingerprint density at radius 3 is 1.85 bits per heavy atom. The van der Waals surface area contributed by atoms with E-state index in [-0.39, 0.29) is 17.9 Å². The van der Waals surface area contributed by atoms with Crippen molar-refractivity contribution < 1.29 is 69.3 Å². The molecule has 2 aromatic carbocycles. The molecule has 15 heteroatoms. The Hall–Kier alpha value is -3.67. The third kappa shape index (κ3) is 4.89. The first-order valence-electron chi connectivity index (χ1n) is 12.0. The van der Waals surface area contributed by atoms with Crippen molar-refractivity contribution in [3.8, 4) is 40.1 Å². The van der Waals surface area contributed by atoms with Crippen molar-refractivity contribution in [3.05, 3.63) is 40.6 Å². The van der Waals surface area contributed by atoms with Crippen molar-refractivity contribution in [1.29, 1.82) is 0 Å². The molecule has 8 atom stereocenters. The van der Waals surface area contributed by atoms with Gasteiger partial charge in [-0.25, -0.2) is 0 Å². The fourth-order valence-corrected chi connectivity index (χ4v) is 4.31. The maximum absolute atomic E-state index is 13.0. The van der Waals surface area contributed by atoms with Crippen molar-refractivity contribution >= 4 is 11.0 Å². The predicted octanol–water partition coefficient (Wildman–Crippen LogP) is -1.79. The average molecular weight is 566 g/mol. The van der Waals surface area contributed by atoms with Gasteiger partial charge in [-0.2, -0.15) is 0 Å². The zero-order chi connectivity index (χ0) is 28.9. The summed E-state index contributed by atoms with van der Waals surface area (Å²) in [5.41, 5.74) is -1.50. The fraction of sp³-hybridized carbons (Fsp3) is 0.400. The first kappa shape index (κ1) is 27.9. The van der Waals surface area contributed by atoms with Crippen LogP contribution in [0.1, 0.15) is 0 Å². The second-order valence-electron chi connectivity index (χ2n) is 9.32. The lowest BCUT2D eigenvalue weighted by Crippen LogP contribution is -2.54. The van der Waals surface area contributed by atoms with E-state index in [1.807, 2.05) is 0 Å². The molecule has 3 aromatic rings. The minimum atomic E-state index is -1.76. The molecule has 2 aliphatic heterocycles. The molecule has 40 heavy (non-hydrogen) atoms. The number of aliphatic hydroxyl groups is 6. The van der Waals surface area contributed by atoms with Crippen LogP contribution in [-0.2, 0) is 9.47 Å². The van der Waals surface area contributed by atoms with Crippen LogP contribution in [0.3, 0.4) is 0 Å². The number of benzene rings is 2. The fourth-order valence-electron chi connectivity index (χ4n) is 4.31. The molecule has 1 aromatic heterocycles. The molecular weight excluding hydrogens is 540 g/mol. The van der Waals surface area contributed by atoms with E-state index in [2.05, 4.69) is 0 Å². The van der Waals surface area contributed by atoms with E-state index in [0.717, 1.165) is 6.07 Å². The Morgan fingerprint density at radius 1 is 0.725 bits per heavy atom. The monoisotopic (exact) mass is 566 g/mol. The standard InChI is InChI=1S/C25H26O15/c26-10-5-11(27)22(40-25-20(35)16(31)13(29)7-37-25)23-14(10)17(32)18(33)21(39-23)8-1-3-9(4-2-8)38-24-19(34)15(30)12(28)6-36-24/h1-5,12-13,15-16,19-20,24-31,33-35H,6-7H2. The van der Waals surface area contributed by atoms with Gasteiger partial charge >= 0.3 is 0 Å². The van der Waals surface area contributed by atoms with Crippen LogP contribution >= 0.6 is 0 Å². The first-order chi connectivity index (χ1) is 19.0. The number of phenols is 2. The Bertz CT molecular complexity index is 1440. The average Bonchev–Trinajstić information content (AvgIpc) is 2.93. The molecule has 0 saturated carbocycles. The number of fused-ring (bicyclic) bond motifs is 1. The number of rotatable bonds is 5. The molecule has 0 aliphatic carbocycles. The summed E-state index contributed by atoms with van der Waals surface area (Å²) in [6, 6.07) is 6.19. The number of hydrogen-bond donors (Lipinski definition) is 9. The number of aliphatic hydroxyl groups excluding tert-OH is 6. The van der Waals surface area contributed by atoms with Gasteiger partial charge in [0.15, 0.2) is 17.1 Å². The molecular formula is C25H26O15. The van der Waals surface area contributed by atoms with Gasteiger partial charge in [0, 0.05) is 11.6 Å². The molecule has 0 amide bonds. The third-order valence-electron chi connectivity index (χ3n) is 6.57. The molecule has 8 unspecified atom stereocenters. The molecule has 216 valence electrons. The highest BCUT2D eigenvalue weighted by Crippen LogP contribution is 2.43. The largest absolute Gasteiger partial charge is 0.507 e. The van der Waals surface area contributed by atoms with Crippen LogP contribution < -0.4 is 14.9 Å². The lowest BCUT2D eigenvalue weighted by molar-refractivity contribution is -0.242. The molecule has 9 N–H and O–H groups in total. The Labute approximate surface area is 223 Å². The highest BCUT2D eigenvalue weighted by atomic mass is 16.7. The van der Waals surface area contributed by atoms with Crippen LogP contribution in [0.4, 0.5) is 0 Å². The van der Waals surface area contributed by atoms with Crippen LogP contribution in [0.2, 0.25) is 0 Å². The second-order valence-corrected chi connectivity index (χ2v) is 9.32. The maximum Gasteiger partial charge on any atom is 0.238 e. The summed E-state index contributed by atoms with van der Waals surface area (Å²) in [4.78, 5) is 13.0. The minimum Gasteiger partial charge on any atom is -0.507 e. The van der Waals surface area contributed by atoms with E-state index in [0.29, 0.717) is 0 Å². The van der Waals surface area contributed by atoms with Crippen LogP contribution in [0, 0.1) is 0 Å². The number of hydrogen-bond acceptors (Lipinski definition) is 15. The molecule has 0 spiro atoms. The van der Waals surface area contributed by atoms with E-state index >= 15 is 0 Å². The minimum absolute atomic E-state index is 0.116. The van der Waals surface area contributed by atoms with Gasteiger partial charge in [0.05, 0.1) is 13.2 Å². The quantitative estimate of drug-likeness (QED) is 0.165. The van der Waals surface area contributed by atoms with Gasteiger partial charge in [0.2, 0.25) is 29.5 Å². The lowest BCUT2D eigenvalue weighted by atomic mass is 10.1. The summed E-state index contributed by atoms with van der Waals surface area (Å²) in [6.07, 6.45) is -12.0. The Morgan fingerprint density at radius 2 is 1.27 bits per heavy atom. The van der Waals surface area contributed by atoms with Gasteiger partial charge < -0.3 is 69.3 Å². The molecule has 15 nitrogen and oxygen atoms in total. The summed E-state index contributed by atoms with van der Waals surface area (Å²) < 4.78 is 27.1. The predicted molar refractivity (Wildman–Crippen MR) is 130 cm³/mol. The molecule has 5 rings (SSSR count). The zero-order valence-corrected chi connectivity index (χ0v) is 20.4. The molecule has 2 saturated heterocycles. The SMILES string of the molecule is O=c1c(O)c(-c2ccc(OC3OCC(O)C(O)C3O)cc2)oc2c(OC3OCC(O)C(O)C3O)c(O)cc(O)c12. The second kappa shape index (κ2) is 10.7. The van der Waals surface area contributed by atoms with E-state index in [1.54, 1.807) is 0 Å². The van der Waals surface area contributed by atoms with E-state index in [9.17, 15) is 50.8 Å². The third-order valence-corrected chi connectivity index (χ3v) is 6.57. The van der Waals surface area contributed by atoms with Gasteiger partial charge in [-0.15, -0.1) is 0 Å². The van der Waals surface area contributed by atoms with Crippen LogP contribution in [0.25, 0.3) is 22.3 Å². The van der Waals surface area contributed by atoms with Gasteiger partial charge in [-0.05, 0) is 24.3 Å². The topological polar surface area (TPSA) is 249 Å². The Balaban J connectivity index is 1.49. The van der Waals surface area contributed by atoms with E-state index in [4.69, 9.17) is 23.4 Å². The molecule has 0 bridgehead atoms. The van der Waals surface area contributed by atoms with Crippen LogP contribution in [0.5, 0.6) is 28.7 Å². The Kier molecular flexibility index (Phi) is 7.47. The number of aromatic hydroxyl groups is 3. The first-order valence-corrected chi connectivity index (χ1v) is 12.0. The van der Waals surface area contributed by atoms with Gasteiger partial charge in [-0.1, -0.05) is 0 Å². The summed E-state index contributed by atoms with van der Waals surface area (Å²) in [7, 11) is 0. The number of ether oxygens (including phenoxy) is 4. The normalized spacial score (nSPS) is 30.8. The van der Waals surface area contributed by atoms with Crippen molar-refractivity contribution in [2.24, 2.45) is 0 Å². The molecule has 0 radical (unpaired) electrons. The highest BCUT2D eigenvalue weighted by molar-refractivity contribution is 5.93. The lowest BCUT2D eigenvalue weighted by Gasteiger charge is -2.35. The zero-order valence-electron chi connectivity index (χ0n) is 20.4. The molecule has 3 heterocycles. The number of phenolic OH excluding ortho intramolecular Hbond substituents is 2. The summed E-state index contributed by atoms with van der Waals surface area (Å²) >= 11 is 0. The van der Waals surface area contributed by atoms with Gasteiger partial charge in [0.1, 0.15) is 53.5 Å². The summed E-state index contributed by atoms with van der Waals surface area (Å²) in [5, 5.41) is 90.0. The highest BCUT2D eigenvalue weighted by Gasteiger charge is 2.41. The molecule has 2 fully saturated rings. The van der Waals surface area contributed by atoms with Crippen molar-refractivity contribution in [3.63, 3.8) is 0 Å². The van der Waals surface area contributed by atoms with Gasteiger partial charge in [0.25, 0.3) is 0 Å². The van der Waals surface area contributed by atoms with Crippen molar-refractivity contribution in [2.75, 3.05) is 13.2 Å². The summed E-state index contributed by atoms with van der Waals surface area (Å²) in [5.74, 6) is -3.22. The van der Waals surface area contributed by atoms with Crippen molar-refractivity contribution in [1.82, 2.24) is 0 Å².